The first-order valence-electron chi connectivity index (χ1n) is 7.68. The molecule has 1 fully saturated rings. The van der Waals surface area contributed by atoms with Crippen LogP contribution in [0.5, 0.6) is 0 Å². The third kappa shape index (κ3) is 2.62. The number of rotatable bonds is 2. The van der Waals surface area contributed by atoms with E-state index in [0.717, 1.165) is 12.1 Å². The lowest BCUT2D eigenvalue weighted by Gasteiger charge is -2.24. The molecule has 0 N–H and O–H groups in total. The highest BCUT2D eigenvalue weighted by atomic mass is 16.2. The lowest BCUT2D eigenvalue weighted by molar-refractivity contribution is -0.119. The molecular formula is C17H21NO2. The summed E-state index contributed by atoms with van der Waals surface area (Å²) in [4.78, 5) is 26.5. The molecule has 0 radical (unpaired) electrons. The van der Waals surface area contributed by atoms with Crippen LogP contribution in [0, 0.1) is 5.92 Å². The van der Waals surface area contributed by atoms with Gasteiger partial charge >= 0.3 is 0 Å². The molecule has 1 aromatic rings. The quantitative estimate of drug-likeness (QED) is 0.824. The Morgan fingerprint density at radius 2 is 1.90 bits per heavy atom. The van der Waals surface area contributed by atoms with E-state index in [1.807, 2.05) is 29.2 Å². The predicted molar refractivity (Wildman–Crippen MR) is 78.9 cm³/mol. The van der Waals surface area contributed by atoms with Crippen molar-refractivity contribution in [1.82, 2.24) is 0 Å². The Hall–Kier alpha value is -1.64. The minimum Gasteiger partial charge on any atom is -0.312 e. The van der Waals surface area contributed by atoms with E-state index in [0.29, 0.717) is 30.9 Å². The summed E-state index contributed by atoms with van der Waals surface area (Å²) >= 11 is 0. The number of carbonyl (C=O) groups is 2. The van der Waals surface area contributed by atoms with Gasteiger partial charge in [0.25, 0.3) is 0 Å². The molecule has 0 bridgehead atoms. The Morgan fingerprint density at radius 3 is 2.70 bits per heavy atom. The van der Waals surface area contributed by atoms with Crippen molar-refractivity contribution >= 4 is 17.4 Å². The van der Waals surface area contributed by atoms with Gasteiger partial charge in [-0.05, 0) is 37.3 Å². The summed E-state index contributed by atoms with van der Waals surface area (Å²) in [6, 6.07) is 7.54. The van der Waals surface area contributed by atoms with Gasteiger partial charge in [-0.1, -0.05) is 25.0 Å². The van der Waals surface area contributed by atoms with E-state index in [4.69, 9.17) is 0 Å². The number of nitrogens with zero attached hydrogens (tertiary/aromatic N) is 1. The molecule has 3 nitrogen and oxygen atoms in total. The Balaban J connectivity index is 1.83. The molecule has 106 valence electrons. The second-order valence-corrected chi connectivity index (χ2v) is 5.94. The van der Waals surface area contributed by atoms with Gasteiger partial charge in [0.2, 0.25) is 5.91 Å². The van der Waals surface area contributed by atoms with Crippen molar-refractivity contribution in [3.05, 3.63) is 29.8 Å². The molecule has 1 aromatic carbocycles. The zero-order valence-corrected chi connectivity index (χ0v) is 11.8. The number of hydrogen-bond donors (Lipinski definition) is 0. The fourth-order valence-corrected chi connectivity index (χ4v) is 3.43. The summed E-state index contributed by atoms with van der Waals surface area (Å²) in [5.41, 5.74) is 1.53. The average Bonchev–Trinajstić information content (AvgIpc) is 2.90. The number of amides is 1. The number of hydrogen-bond acceptors (Lipinski definition) is 2. The number of anilines is 1. The molecule has 2 aliphatic rings. The zero-order chi connectivity index (χ0) is 13.9. The number of para-hydroxylation sites is 1. The average molecular weight is 271 g/mol. The van der Waals surface area contributed by atoms with Gasteiger partial charge < -0.3 is 4.90 Å². The van der Waals surface area contributed by atoms with Crippen LogP contribution in [0.2, 0.25) is 0 Å². The molecule has 0 aromatic heterocycles. The highest BCUT2D eigenvalue weighted by Gasteiger charge is 2.27. The van der Waals surface area contributed by atoms with Crippen molar-refractivity contribution in [2.75, 3.05) is 11.4 Å². The van der Waals surface area contributed by atoms with Gasteiger partial charge in [0.05, 0.1) is 5.69 Å². The predicted octanol–water partition coefficient (Wildman–Crippen LogP) is 3.58. The number of carbonyl (C=O) groups excluding carboxylic acids is 2. The van der Waals surface area contributed by atoms with Crippen LogP contribution in [0.4, 0.5) is 5.69 Å². The SMILES string of the molecule is O=C1CCCN(C(=O)CC2CCCC2)c2ccccc21. The summed E-state index contributed by atoms with van der Waals surface area (Å²) in [6.07, 6.45) is 6.83. The third-order valence-electron chi connectivity index (χ3n) is 4.52. The van der Waals surface area contributed by atoms with E-state index in [1.165, 1.54) is 25.7 Å². The summed E-state index contributed by atoms with van der Waals surface area (Å²) in [7, 11) is 0. The maximum Gasteiger partial charge on any atom is 0.227 e. The monoisotopic (exact) mass is 271 g/mol. The van der Waals surface area contributed by atoms with Crippen LogP contribution in [-0.2, 0) is 4.79 Å². The Bertz CT molecular complexity index is 517. The van der Waals surface area contributed by atoms with Crippen molar-refractivity contribution in [1.29, 1.82) is 0 Å². The zero-order valence-electron chi connectivity index (χ0n) is 11.8. The topological polar surface area (TPSA) is 37.4 Å². The molecule has 1 amide bonds. The van der Waals surface area contributed by atoms with Crippen LogP contribution < -0.4 is 4.90 Å². The van der Waals surface area contributed by atoms with Crippen LogP contribution in [-0.4, -0.2) is 18.2 Å². The summed E-state index contributed by atoms with van der Waals surface area (Å²) in [5.74, 6) is 0.907. The van der Waals surface area contributed by atoms with Crippen molar-refractivity contribution in [2.45, 2.75) is 44.9 Å². The van der Waals surface area contributed by atoms with Gasteiger partial charge in [-0.3, -0.25) is 9.59 Å². The maximum atomic E-state index is 12.6. The minimum absolute atomic E-state index is 0.164. The van der Waals surface area contributed by atoms with E-state index < -0.39 is 0 Å². The molecule has 0 atom stereocenters. The molecule has 20 heavy (non-hydrogen) atoms. The molecule has 1 saturated carbocycles. The van der Waals surface area contributed by atoms with E-state index in [-0.39, 0.29) is 11.7 Å². The first-order chi connectivity index (χ1) is 9.75. The Labute approximate surface area is 120 Å². The molecule has 0 unspecified atom stereocenters. The van der Waals surface area contributed by atoms with Crippen molar-refractivity contribution < 1.29 is 9.59 Å². The number of Topliss-reactive ketones (excluding diaryl/α,β-unsaturated/α-hetero) is 1. The smallest absolute Gasteiger partial charge is 0.227 e. The molecule has 0 spiro atoms. The van der Waals surface area contributed by atoms with Crippen molar-refractivity contribution in [2.24, 2.45) is 5.92 Å². The second kappa shape index (κ2) is 5.78. The van der Waals surface area contributed by atoms with E-state index >= 15 is 0 Å². The molecular weight excluding hydrogens is 250 g/mol. The molecule has 1 aliphatic carbocycles. The van der Waals surface area contributed by atoms with Gasteiger partial charge in [0.1, 0.15) is 0 Å². The van der Waals surface area contributed by atoms with Gasteiger partial charge in [-0.25, -0.2) is 0 Å². The third-order valence-corrected chi connectivity index (χ3v) is 4.52. The fraction of sp³-hybridized carbons (Fsp3) is 0.529. The van der Waals surface area contributed by atoms with Gasteiger partial charge in [0, 0.05) is 24.9 Å². The summed E-state index contributed by atoms with van der Waals surface area (Å²) < 4.78 is 0. The number of ketones is 1. The molecule has 0 saturated heterocycles. The summed E-state index contributed by atoms with van der Waals surface area (Å²) in [6.45, 7) is 0.675. The first kappa shape index (κ1) is 13.3. The van der Waals surface area contributed by atoms with E-state index in [2.05, 4.69) is 0 Å². The van der Waals surface area contributed by atoms with Crippen molar-refractivity contribution in [3.8, 4) is 0 Å². The summed E-state index contributed by atoms with van der Waals surface area (Å²) in [5, 5.41) is 0. The first-order valence-corrected chi connectivity index (χ1v) is 7.68. The van der Waals surface area contributed by atoms with E-state index in [1.54, 1.807) is 0 Å². The van der Waals surface area contributed by atoms with Crippen LogP contribution in [0.15, 0.2) is 24.3 Å². The molecule has 3 heteroatoms. The van der Waals surface area contributed by atoms with Crippen LogP contribution in [0.3, 0.4) is 0 Å². The Morgan fingerprint density at radius 1 is 1.15 bits per heavy atom. The van der Waals surface area contributed by atoms with Crippen molar-refractivity contribution in [3.63, 3.8) is 0 Å². The second-order valence-electron chi connectivity index (χ2n) is 5.94. The fourth-order valence-electron chi connectivity index (χ4n) is 3.43. The highest BCUT2D eigenvalue weighted by Crippen LogP contribution is 2.31. The van der Waals surface area contributed by atoms with E-state index in [9.17, 15) is 9.59 Å². The molecule has 1 aliphatic heterocycles. The molecule has 1 heterocycles. The van der Waals surface area contributed by atoms with Crippen LogP contribution in [0.25, 0.3) is 0 Å². The number of fused-ring (bicyclic) bond motifs is 1. The van der Waals surface area contributed by atoms with Gasteiger partial charge in [0.15, 0.2) is 5.78 Å². The normalized spacial score (nSPS) is 19.8. The minimum atomic E-state index is 0.164. The largest absolute Gasteiger partial charge is 0.312 e. The molecule has 3 rings (SSSR count). The Kier molecular flexibility index (Phi) is 3.86. The van der Waals surface area contributed by atoms with Crippen LogP contribution >= 0.6 is 0 Å². The van der Waals surface area contributed by atoms with Gasteiger partial charge in [-0.15, -0.1) is 0 Å². The number of benzene rings is 1. The highest BCUT2D eigenvalue weighted by molar-refractivity contribution is 6.06. The lowest BCUT2D eigenvalue weighted by atomic mass is 10.0. The van der Waals surface area contributed by atoms with Gasteiger partial charge in [-0.2, -0.15) is 0 Å². The van der Waals surface area contributed by atoms with Crippen LogP contribution in [0.1, 0.15) is 55.3 Å². The standard InChI is InChI=1S/C17H21NO2/c19-16-10-5-11-18(15-9-4-3-8-14(15)16)17(20)12-13-6-1-2-7-13/h3-4,8-9,13H,1-2,5-7,10-12H2. The maximum absolute atomic E-state index is 12.6. The lowest BCUT2D eigenvalue weighted by Crippen LogP contribution is -2.32.